The van der Waals surface area contributed by atoms with Crippen LogP contribution >= 0.6 is 0 Å². The summed E-state index contributed by atoms with van der Waals surface area (Å²) in [7, 11) is 0. The molecule has 0 aliphatic carbocycles. The lowest BCUT2D eigenvalue weighted by Gasteiger charge is -2.15. The second-order valence-electron chi connectivity index (χ2n) is 7.60. The van der Waals surface area contributed by atoms with Crippen LogP contribution in [0.1, 0.15) is 22.3 Å². The molecular weight excluding hydrogens is 472 g/mol. The average Bonchev–Trinajstić information content (AvgIpc) is 2.87. The summed E-state index contributed by atoms with van der Waals surface area (Å²) in [6.45, 7) is 4.41. The lowest BCUT2D eigenvalue weighted by Crippen LogP contribution is -2.07. The quantitative estimate of drug-likeness (QED) is 0.0821. The molecule has 0 aromatic heterocycles. The largest absolute Gasteiger partial charge is 0.486 e. The molecule has 36 heavy (non-hydrogen) atoms. The van der Waals surface area contributed by atoms with Gasteiger partial charge in [0.25, 0.3) is 0 Å². The molecule has 0 aliphatic heterocycles. The van der Waals surface area contributed by atoms with E-state index in [0.717, 1.165) is 23.3 Å². The van der Waals surface area contributed by atoms with Gasteiger partial charge in [0.05, 0.1) is 11.3 Å². The number of benzene rings is 3. The Hall–Kier alpha value is -4.33. The van der Waals surface area contributed by atoms with E-state index >= 15 is 0 Å². The average molecular weight is 497 g/mol. The van der Waals surface area contributed by atoms with Crippen LogP contribution in [0.5, 0.6) is 0 Å². The lowest BCUT2D eigenvalue weighted by molar-refractivity contribution is -0.140. The minimum absolute atomic E-state index is 0.195. The van der Waals surface area contributed by atoms with Crippen LogP contribution in [-0.2, 0) is 28.9 Å². The Labute approximate surface area is 206 Å². The fourth-order valence-electron chi connectivity index (χ4n) is 3.06. The maximum Gasteiger partial charge on any atom is 0.419 e. The van der Waals surface area contributed by atoms with Crippen molar-refractivity contribution >= 4 is 11.8 Å². The monoisotopic (exact) mass is 496 g/mol. The minimum Gasteiger partial charge on any atom is -0.486 e. The smallest absolute Gasteiger partial charge is 0.419 e. The van der Waals surface area contributed by atoms with Gasteiger partial charge in [-0.15, -0.1) is 0 Å². The van der Waals surface area contributed by atoms with Crippen molar-refractivity contribution in [3.8, 4) is 0 Å². The second-order valence-corrected chi connectivity index (χ2v) is 7.60. The maximum atomic E-state index is 13.9. The second kappa shape index (κ2) is 12.4. The van der Waals surface area contributed by atoms with E-state index in [9.17, 15) is 17.6 Å². The van der Waals surface area contributed by atoms with Gasteiger partial charge >= 0.3 is 6.18 Å². The first-order chi connectivity index (χ1) is 17.3. The molecule has 186 valence electrons. The molecule has 0 fully saturated rings. The van der Waals surface area contributed by atoms with Gasteiger partial charge in [-0.1, -0.05) is 79.4 Å². The molecule has 0 bridgehead atoms. The predicted molar refractivity (Wildman–Crippen MR) is 132 cm³/mol. The van der Waals surface area contributed by atoms with E-state index in [2.05, 4.69) is 11.7 Å². The maximum absolute atomic E-state index is 13.9. The molecule has 2 N–H and O–H groups in total. The number of rotatable bonds is 10. The van der Waals surface area contributed by atoms with E-state index in [4.69, 9.17) is 15.3 Å². The number of allylic oxidation sites excluding steroid dienone is 2. The SMILES string of the molecule is C=C(OCc1ccccc1)\C(=C/C(/C=C/c1ccc(C(F)(F)F)c(F)c1)=N\N)OCc1ccccc1. The van der Waals surface area contributed by atoms with E-state index in [1.807, 2.05) is 60.7 Å². The van der Waals surface area contributed by atoms with Crippen LogP contribution < -0.4 is 5.84 Å². The number of nitrogens with two attached hydrogens (primary N) is 1. The molecule has 8 heteroatoms. The molecule has 0 heterocycles. The molecule has 0 saturated carbocycles. The first kappa shape index (κ1) is 26.3. The first-order valence-electron chi connectivity index (χ1n) is 10.8. The zero-order valence-electron chi connectivity index (χ0n) is 19.2. The van der Waals surface area contributed by atoms with Crippen LogP contribution in [0.15, 0.2) is 114 Å². The van der Waals surface area contributed by atoms with Crippen LogP contribution in [0.2, 0.25) is 0 Å². The van der Waals surface area contributed by atoms with Gasteiger partial charge in [0.2, 0.25) is 0 Å². The highest BCUT2D eigenvalue weighted by Crippen LogP contribution is 2.31. The van der Waals surface area contributed by atoms with Crippen LogP contribution in [0.3, 0.4) is 0 Å². The highest BCUT2D eigenvalue weighted by Gasteiger charge is 2.33. The Morgan fingerprint density at radius 2 is 1.47 bits per heavy atom. The topological polar surface area (TPSA) is 56.8 Å². The van der Waals surface area contributed by atoms with Crippen LogP contribution in [0.25, 0.3) is 6.08 Å². The first-order valence-corrected chi connectivity index (χ1v) is 10.8. The summed E-state index contributed by atoms with van der Waals surface area (Å²) in [5, 5.41) is 3.68. The van der Waals surface area contributed by atoms with Gasteiger partial charge < -0.3 is 15.3 Å². The summed E-state index contributed by atoms with van der Waals surface area (Å²) >= 11 is 0. The molecular formula is C28H24F4N2O2. The van der Waals surface area contributed by atoms with Gasteiger partial charge in [0, 0.05) is 6.08 Å². The molecule has 3 aromatic rings. The van der Waals surface area contributed by atoms with E-state index in [-0.39, 0.29) is 36.0 Å². The standard InChI is InChI=1S/C28H24F4N2O2/c1-20(35-18-22-8-4-2-5-9-22)27(36-19-23-10-6-3-7-11-23)17-24(34-33)14-12-21-13-15-25(26(29)16-21)28(30,31)32/h2-17H,1,18-19,33H2/b14-12+,27-17+,34-24-. The van der Waals surface area contributed by atoms with Gasteiger partial charge in [-0.05, 0) is 34.9 Å². The van der Waals surface area contributed by atoms with E-state index in [1.54, 1.807) is 0 Å². The third kappa shape index (κ3) is 7.87. The van der Waals surface area contributed by atoms with Gasteiger partial charge in [-0.3, -0.25) is 0 Å². The van der Waals surface area contributed by atoms with Crippen molar-refractivity contribution in [2.45, 2.75) is 19.4 Å². The number of hydrogen-bond acceptors (Lipinski definition) is 4. The molecule has 3 rings (SSSR count). The van der Waals surface area contributed by atoms with Crippen molar-refractivity contribution in [1.82, 2.24) is 0 Å². The highest BCUT2D eigenvalue weighted by molar-refractivity contribution is 6.06. The van der Waals surface area contributed by atoms with Gasteiger partial charge in [0.1, 0.15) is 19.0 Å². The number of nitrogens with zero attached hydrogens (tertiary/aromatic N) is 1. The summed E-state index contributed by atoms with van der Waals surface area (Å²) in [4.78, 5) is 0. The van der Waals surface area contributed by atoms with Gasteiger partial charge in [-0.25, -0.2) is 4.39 Å². The molecule has 0 aliphatic rings. The molecule has 3 aromatic carbocycles. The van der Waals surface area contributed by atoms with Crippen molar-refractivity contribution in [3.05, 3.63) is 137 Å². The third-order valence-corrected chi connectivity index (χ3v) is 4.94. The summed E-state index contributed by atoms with van der Waals surface area (Å²) in [5.74, 6) is 4.62. The van der Waals surface area contributed by atoms with Crippen molar-refractivity contribution in [1.29, 1.82) is 0 Å². The third-order valence-electron chi connectivity index (χ3n) is 4.94. The Kier molecular flexibility index (Phi) is 9.05. The predicted octanol–water partition coefficient (Wildman–Crippen LogP) is 7.00. The zero-order chi connectivity index (χ0) is 26.0. The van der Waals surface area contributed by atoms with Gasteiger partial charge in [0.15, 0.2) is 11.5 Å². The summed E-state index contributed by atoms with van der Waals surface area (Å²) in [6.07, 6.45) is -0.497. The van der Waals surface area contributed by atoms with Crippen LogP contribution in [-0.4, -0.2) is 5.71 Å². The van der Waals surface area contributed by atoms with Crippen molar-refractivity contribution in [2.75, 3.05) is 0 Å². The van der Waals surface area contributed by atoms with Crippen molar-refractivity contribution in [2.24, 2.45) is 10.9 Å². The summed E-state index contributed by atoms with van der Waals surface area (Å²) in [5.41, 5.74) is 0.888. The number of alkyl halides is 3. The fourth-order valence-corrected chi connectivity index (χ4v) is 3.06. The Bertz CT molecular complexity index is 1250. The number of hydrazone groups is 1. The molecule has 0 amide bonds. The minimum atomic E-state index is -4.77. The van der Waals surface area contributed by atoms with Crippen LogP contribution in [0, 0.1) is 5.82 Å². The number of ether oxygens (including phenoxy) is 2. The fraction of sp³-hybridized carbons (Fsp3) is 0.107. The van der Waals surface area contributed by atoms with Crippen molar-refractivity contribution < 1.29 is 27.0 Å². The Morgan fingerprint density at radius 3 is 2.00 bits per heavy atom. The zero-order valence-corrected chi connectivity index (χ0v) is 19.2. The van der Waals surface area contributed by atoms with E-state index in [1.165, 1.54) is 18.2 Å². The molecule has 0 spiro atoms. The van der Waals surface area contributed by atoms with Gasteiger partial charge in [-0.2, -0.15) is 18.3 Å². The Morgan fingerprint density at radius 1 is 0.889 bits per heavy atom. The van der Waals surface area contributed by atoms with E-state index < -0.39 is 17.6 Å². The highest BCUT2D eigenvalue weighted by atomic mass is 19.4. The van der Waals surface area contributed by atoms with Crippen molar-refractivity contribution in [3.63, 3.8) is 0 Å². The van der Waals surface area contributed by atoms with Crippen LogP contribution in [0.4, 0.5) is 17.6 Å². The lowest BCUT2D eigenvalue weighted by atomic mass is 10.1. The summed E-state index contributed by atoms with van der Waals surface area (Å²) < 4.78 is 64.0. The molecule has 0 unspecified atom stereocenters. The normalized spacial score (nSPS) is 12.6. The molecule has 0 atom stereocenters. The number of halogens is 4. The molecule has 0 radical (unpaired) electrons. The molecule has 0 saturated heterocycles. The Balaban J connectivity index is 1.79. The van der Waals surface area contributed by atoms with E-state index in [0.29, 0.717) is 6.07 Å². The summed E-state index contributed by atoms with van der Waals surface area (Å²) in [6, 6.07) is 21.5. The number of hydrogen-bond donors (Lipinski definition) is 1. The molecule has 4 nitrogen and oxygen atoms in total.